The molecule has 0 aliphatic heterocycles. The molecule has 0 aromatic heterocycles. The zero-order valence-corrected chi connectivity index (χ0v) is 8.20. The van der Waals surface area contributed by atoms with Gasteiger partial charge in [0.05, 0.1) is 6.61 Å². The van der Waals surface area contributed by atoms with E-state index in [1.165, 1.54) is 12.1 Å². The third-order valence-electron chi connectivity index (χ3n) is 1.50. The number of para-hydroxylation sites is 1. The Balaban J connectivity index is 3.04. The van der Waals surface area contributed by atoms with Gasteiger partial charge in [0.2, 0.25) is 10.0 Å². The van der Waals surface area contributed by atoms with Crippen LogP contribution in [0.25, 0.3) is 0 Å². The van der Waals surface area contributed by atoms with E-state index in [4.69, 9.17) is 15.0 Å². The van der Waals surface area contributed by atoms with Crippen molar-refractivity contribution in [2.24, 2.45) is 5.14 Å². The fraction of sp³-hybridized carbons (Fsp3) is 0.250. The highest BCUT2D eigenvalue weighted by Crippen LogP contribution is 2.21. The van der Waals surface area contributed by atoms with Gasteiger partial charge in [-0.2, -0.15) is 0 Å². The Morgan fingerprint density at radius 3 is 2.57 bits per heavy atom. The third kappa shape index (κ3) is 2.69. The summed E-state index contributed by atoms with van der Waals surface area (Å²) >= 11 is 0. The largest absolute Gasteiger partial charge is 0.490 e. The molecule has 0 aliphatic rings. The van der Waals surface area contributed by atoms with Crippen LogP contribution in [0.4, 0.5) is 0 Å². The van der Waals surface area contributed by atoms with Gasteiger partial charge in [0.15, 0.2) is 0 Å². The monoisotopic (exact) mass is 217 g/mol. The number of sulfonamides is 1. The van der Waals surface area contributed by atoms with Gasteiger partial charge in [-0.25, -0.2) is 13.6 Å². The Bertz CT molecular complexity index is 402. The Kier molecular flexibility index (Phi) is 3.45. The quantitative estimate of drug-likeness (QED) is 0.725. The van der Waals surface area contributed by atoms with Crippen molar-refractivity contribution in [1.82, 2.24) is 0 Å². The van der Waals surface area contributed by atoms with Crippen molar-refractivity contribution >= 4 is 10.0 Å². The summed E-state index contributed by atoms with van der Waals surface area (Å²) in [6.45, 7) is -0.147. The SMILES string of the molecule is NS(=O)(=O)c1ccccc1OCCO. The standard InChI is InChI=1S/C8H11NO4S/c9-14(11,12)8-4-2-1-3-7(8)13-6-5-10/h1-4,10H,5-6H2,(H2,9,11,12). The Hall–Kier alpha value is -1.11. The number of nitrogens with two attached hydrogens (primary N) is 1. The van der Waals surface area contributed by atoms with Gasteiger partial charge in [-0.3, -0.25) is 0 Å². The van der Waals surface area contributed by atoms with Crippen molar-refractivity contribution in [3.63, 3.8) is 0 Å². The first-order valence-electron chi connectivity index (χ1n) is 3.91. The third-order valence-corrected chi connectivity index (χ3v) is 2.45. The molecule has 5 nitrogen and oxygen atoms in total. The fourth-order valence-electron chi connectivity index (χ4n) is 0.960. The molecule has 0 amide bonds. The van der Waals surface area contributed by atoms with Crippen LogP contribution < -0.4 is 9.88 Å². The van der Waals surface area contributed by atoms with Crippen LogP contribution in [0, 0.1) is 0 Å². The van der Waals surface area contributed by atoms with E-state index in [0.29, 0.717) is 0 Å². The number of primary sulfonamides is 1. The molecule has 0 aliphatic carbocycles. The van der Waals surface area contributed by atoms with Gasteiger partial charge < -0.3 is 9.84 Å². The van der Waals surface area contributed by atoms with E-state index in [1.807, 2.05) is 0 Å². The van der Waals surface area contributed by atoms with Crippen molar-refractivity contribution in [2.45, 2.75) is 4.90 Å². The van der Waals surface area contributed by atoms with Gasteiger partial charge >= 0.3 is 0 Å². The molecule has 0 atom stereocenters. The van der Waals surface area contributed by atoms with E-state index >= 15 is 0 Å². The molecule has 0 saturated heterocycles. The Morgan fingerprint density at radius 2 is 2.00 bits per heavy atom. The van der Waals surface area contributed by atoms with E-state index in [2.05, 4.69) is 0 Å². The highest BCUT2D eigenvalue weighted by atomic mass is 32.2. The molecular weight excluding hydrogens is 206 g/mol. The van der Waals surface area contributed by atoms with E-state index in [9.17, 15) is 8.42 Å². The van der Waals surface area contributed by atoms with Crippen LogP contribution in [0.15, 0.2) is 29.2 Å². The number of aliphatic hydroxyl groups excluding tert-OH is 1. The molecule has 3 N–H and O–H groups in total. The van der Waals surface area contributed by atoms with Crippen LogP contribution in [0.2, 0.25) is 0 Å². The number of benzene rings is 1. The van der Waals surface area contributed by atoms with Crippen LogP contribution in [-0.4, -0.2) is 26.7 Å². The molecule has 0 heterocycles. The predicted octanol–water partition coefficient (Wildman–Crippen LogP) is -0.295. The molecule has 1 rings (SSSR count). The number of rotatable bonds is 4. The molecule has 78 valence electrons. The lowest BCUT2D eigenvalue weighted by Gasteiger charge is -2.07. The summed E-state index contributed by atoms with van der Waals surface area (Å²) in [7, 11) is -3.77. The first-order valence-corrected chi connectivity index (χ1v) is 5.46. The van der Waals surface area contributed by atoms with Gasteiger partial charge in [-0.15, -0.1) is 0 Å². The number of ether oxygens (including phenoxy) is 1. The van der Waals surface area contributed by atoms with E-state index in [-0.39, 0.29) is 23.9 Å². The lowest BCUT2D eigenvalue weighted by atomic mass is 10.3. The lowest BCUT2D eigenvalue weighted by molar-refractivity contribution is 0.198. The van der Waals surface area contributed by atoms with Gasteiger partial charge in [0.25, 0.3) is 0 Å². The predicted molar refractivity (Wildman–Crippen MR) is 50.4 cm³/mol. The molecule has 1 aromatic rings. The van der Waals surface area contributed by atoms with Gasteiger partial charge in [0, 0.05) is 0 Å². The fourth-order valence-corrected chi connectivity index (χ4v) is 1.64. The topological polar surface area (TPSA) is 89.6 Å². The maximum absolute atomic E-state index is 11.1. The maximum atomic E-state index is 11.1. The summed E-state index contributed by atoms with van der Waals surface area (Å²) in [6, 6.07) is 6.00. The Labute approximate surface area is 82.2 Å². The summed E-state index contributed by atoms with van der Waals surface area (Å²) in [5.41, 5.74) is 0. The van der Waals surface area contributed by atoms with Crippen molar-refractivity contribution in [1.29, 1.82) is 0 Å². The zero-order chi connectivity index (χ0) is 10.6. The number of aliphatic hydroxyl groups is 1. The van der Waals surface area contributed by atoms with Gasteiger partial charge in [-0.05, 0) is 12.1 Å². The zero-order valence-electron chi connectivity index (χ0n) is 7.38. The molecule has 0 spiro atoms. The second-order valence-electron chi connectivity index (χ2n) is 2.56. The van der Waals surface area contributed by atoms with Crippen LogP contribution >= 0.6 is 0 Å². The smallest absolute Gasteiger partial charge is 0.241 e. The van der Waals surface area contributed by atoms with Crippen LogP contribution in [0.3, 0.4) is 0 Å². The average molecular weight is 217 g/mol. The van der Waals surface area contributed by atoms with Crippen molar-refractivity contribution in [2.75, 3.05) is 13.2 Å². The molecular formula is C8H11NO4S. The summed E-state index contributed by atoms with van der Waals surface area (Å²) in [5.74, 6) is 0.157. The highest BCUT2D eigenvalue weighted by Gasteiger charge is 2.13. The lowest BCUT2D eigenvalue weighted by Crippen LogP contribution is -2.14. The second kappa shape index (κ2) is 4.41. The second-order valence-corrected chi connectivity index (χ2v) is 4.09. The number of hydrogen-bond donors (Lipinski definition) is 2. The van der Waals surface area contributed by atoms with E-state index in [1.54, 1.807) is 12.1 Å². The molecule has 0 radical (unpaired) electrons. The molecule has 0 saturated carbocycles. The minimum absolute atomic E-state index is 0.0343. The normalized spacial score (nSPS) is 11.3. The number of hydrogen-bond acceptors (Lipinski definition) is 4. The van der Waals surface area contributed by atoms with Crippen LogP contribution in [0.1, 0.15) is 0 Å². The summed E-state index contributed by atoms with van der Waals surface area (Å²) in [4.78, 5) is -0.0755. The average Bonchev–Trinajstić information content (AvgIpc) is 2.14. The van der Waals surface area contributed by atoms with E-state index in [0.717, 1.165) is 0 Å². The summed E-state index contributed by atoms with van der Waals surface area (Å²) in [6.07, 6.45) is 0. The van der Waals surface area contributed by atoms with Crippen LogP contribution in [0.5, 0.6) is 5.75 Å². The molecule has 0 unspecified atom stereocenters. The first-order chi connectivity index (χ1) is 6.55. The summed E-state index contributed by atoms with van der Waals surface area (Å²) < 4.78 is 27.1. The highest BCUT2D eigenvalue weighted by molar-refractivity contribution is 7.89. The van der Waals surface area contributed by atoms with E-state index < -0.39 is 10.0 Å². The van der Waals surface area contributed by atoms with Crippen molar-refractivity contribution in [3.05, 3.63) is 24.3 Å². The minimum Gasteiger partial charge on any atom is -0.490 e. The maximum Gasteiger partial charge on any atom is 0.241 e. The molecule has 0 fully saturated rings. The first kappa shape index (κ1) is 11.0. The van der Waals surface area contributed by atoms with Crippen molar-refractivity contribution < 1.29 is 18.3 Å². The Morgan fingerprint density at radius 1 is 1.36 bits per heavy atom. The van der Waals surface area contributed by atoms with Gasteiger partial charge in [0.1, 0.15) is 17.3 Å². The molecule has 0 bridgehead atoms. The minimum atomic E-state index is -3.77. The molecule has 1 aromatic carbocycles. The summed E-state index contributed by atoms with van der Waals surface area (Å²) in [5, 5.41) is 13.5. The van der Waals surface area contributed by atoms with Crippen molar-refractivity contribution in [3.8, 4) is 5.75 Å². The van der Waals surface area contributed by atoms with Crippen LogP contribution in [-0.2, 0) is 10.0 Å². The van der Waals surface area contributed by atoms with Gasteiger partial charge in [-0.1, -0.05) is 12.1 Å². The molecule has 6 heteroatoms. The molecule has 14 heavy (non-hydrogen) atoms.